The monoisotopic (exact) mass is 394 g/mol. The Labute approximate surface area is 171 Å². The van der Waals surface area contributed by atoms with Gasteiger partial charge in [0.1, 0.15) is 0 Å². The summed E-state index contributed by atoms with van der Waals surface area (Å²) in [5.41, 5.74) is 5.53. The van der Waals surface area contributed by atoms with Crippen molar-refractivity contribution in [1.29, 1.82) is 0 Å². The number of carbonyl (C=O) groups is 1. The molecule has 2 aromatic heterocycles. The number of carbonyl (C=O) groups excluding carboxylic acids is 1. The van der Waals surface area contributed by atoms with Crippen molar-refractivity contribution < 1.29 is 4.79 Å². The van der Waals surface area contributed by atoms with Gasteiger partial charge < -0.3 is 9.47 Å². The lowest BCUT2D eigenvalue weighted by Gasteiger charge is -2.42. The summed E-state index contributed by atoms with van der Waals surface area (Å²) in [6.45, 7) is 13.0. The minimum absolute atomic E-state index is 0.0784. The van der Waals surface area contributed by atoms with E-state index in [9.17, 15) is 9.59 Å². The van der Waals surface area contributed by atoms with Crippen LogP contribution in [0.5, 0.6) is 0 Å². The van der Waals surface area contributed by atoms with E-state index in [0.29, 0.717) is 25.3 Å². The van der Waals surface area contributed by atoms with Gasteiger partial charge in [0.05, 0.1) is 12.2 Å². The van der Waals surface area contributed by atoms with Crippen molar-refractivity contribution in [2.45, 2.75) is 59.0 Å². The standard InChI is InChI=1S/C23H30N4O2/c1-15(2)11-27-17(4)20(16(3)24-27)8-9-22(28)25-12-18-10-19(14-25)21-6-5-7-23(29)26(21)13-18/h5-7,18-19H,1,8-14H2,2-4H3/t18-,19-/m0/s1. The molecular weight excluding hydrogens is 364 g/mol. The van der Waals surface area contributed by atoms with Crippen LogP contribution in [0.25, 0.3) is 0 Å². The maximum Gasteiger partial charge on any atom is 0.250 e. The molecule has 2 aromatic rings. The van der Waals surface area contributed by atoms with E-state index in [0.717, 1.165) is 48.7 Å². The van der Waals surface area contributed by atoms with Crippen LogP contribution in [-0.4, -0.2) is 38.2 Å². The SMILES string of the molecule is C=C(C)Cn1nc(C)c(CCC(=O)N2C[C@@H]3C[C@@H](C2)c2cccc(=O)n2C3)c1C. The van der Waals surface area contributed by atoms with Gasteiger partial charge in [0, 0.05) is 49.4 Å². The average Bonchev–Trinajstić information content (AvgIpc) is 2.93. The van der Waals surface area contributed by atoms with Gasteiger partial charge in [0.2, 0.25) is 5.91 Å². The highest BCUT2D eigenvalue weighted by Gasteiger charge is 2.36. The fourth-order valence-corrected chi connectivity index (χ4v) is 5.00. The van der Waals surface area contributed by atoms with Crippen LogP contribution < -0.4 is 5.56 Å². The van der Waals surface area contributed by atoms with Gasteiger partial charge in [-0.2, -0.15) is 5.10 Å². The summed E-state index contributed by atoms with van der Waals surface area (Å²) < 4.78 is 3.89. The third kappa shape index (κ3) is 3.80. The van der Waals surface area contributed by atoms with Crippen LogP contribution in [0.15, 0.2) is 35.1 Å². The zero-order valence-electron chi connectivity index (χ0n) is 17.6. The summed E-state index contributed by atoms with van der Waals surface area (Å²) in [5, 5.41) is 4.62. The predicted octanol–water partition coefficient (Wildman–Crippen LogP) is 2.82. The maximum atomic E-state index is 13.0. The van der Waals surface area contributed by atoms with Crippen LogP contribution in [-0.2, 0) is 24.3 Å². The summed E-state index contributed by atoms with van der Waals surface area (Å²) in [4.78, 5) is 27.2. The van der Waals surface area contributed by atoms with Crippen molar-refractivity contribution in [2.75, 3.05) is 13.1 Å². The second kappa shape index (κ2) is 7.65. The molecule has 29 heavy (non-hydrogen) atoms. The smallest absolute Gasteiger partial charge is 0.250 e. The first-order valence-corrected chi connectivity index (χ1v) is 10.5. The van der Waals surface area contributed by atoms with E-state index >= 15 is 0 Å². The van der Waals surface area contributed by atoms with Crippen molar-refractivity contribution in [2.24, 2.45) is 5.92 Å². The van der Waals surface area contributed by atoms with E-state index in [1.807, 2.05) is 40.1 Å². The summed E-state index contributed by atoms with van der Waals surface area (Å²) in [5.74, 6) is 0.840. The van der Waals surface area contributed by atoms with Crippen molar-refractivity contribution in [3.8, 4) is 0 Å². The van der Waals surface area contributed by atoms with E-state index in [2.05, 4.69) is 18.6 Å². The van der Waals surface area contributed by atoms with Crippen molar-refractivity contribution in [1.82, 2.24) is 19.2 Å². The van der Waals surface area contributed by atoms with Crippen LogP contribution in [0, 0.1) is 19.8 Å². The van der Waals surface area contributed by atoms with Crippen LogP contribution in [0.1, 0.15) is 48.3 Å². The van der Waals surface area contributed by atoms with Crippen LogP contribution in [0.4, 0.5) is 0 Å². The molecule has 1 amide bonds. The number of amides is 1. The van der Waals surface area contributed by atoms with Crippen LogP contribution in [0.2, 0.25) is 0 Å². The number of aromatic nitrogens is 3. The molecule has 6 heteroatoms. The molecule has 0 unspecified atom stereocenters. The third-order valence-electron chi connectivity index (χ3n) is 6.37. The van der Waals surface area contributed by atoms with E-state index in [1.165, 1.54) is 5.56 Å². The Morgan fingerprint density at radius 1 is 1.24 bits per heavy atom. The van der Waals surface area contributed by atoms with Crippen molar-refractivity contribution in [3.63, 3.8) is 0 Å². The summed E-state index contributed by atoms with van der Waals surface area (Å²) in [6, 6.07) is 5.51. The van der Waals surface area contributed by atoms with Gasteiger partial charge in [-0.1, -0.05) is 18.2 Å². The Bertz CT molecular complexity index is 1020. The van der Waals surface area contributed by atoms with Crippen LogP contribution in [0.3, 0.4) is 0 Å². The molecular formula is C23H30N4O2. The topological polar surface area (TPSA) is 60.1 Å². The fraction of sp³-hybridized carbons (Fsp3) is 0.522. The molecule has 2 aliphatic rings. The van der Waals surface area contributed by atoms with Gasteiger partial charge in [-0.3, -0.25) is 14.3 Å². The number of pyridine rings is 1. The molecule has 154 valence electrons. The fourth-order valence-electron chi connectivity index (χ4n) is 5.00. The average molecular weight is 395 g/mol. The first kappa shape index (κ1) is 19.7. The molecule has 4 heterocycles. The van der Waals surface area contributed by atoms with Crippen molar-refractivity contribution in [3.05, 3.63) is 63.4 Å². The minimum Gasteiger partial charge on any atom is -0.342 e. The molecule has 0 aliphatic carbocycles. The zero-order chi connectivity index (χ0) is 20.7. The number of piperidine rings is 1. The van der Waals surface area contributed by atoms with E-state index in [-0.39, 0.29) is 17.4 Å². The first-order valence-electron chi connectivity index (χ1n) is 10.5. The summed E-state index contributed by atoms with van der Waals surface area (Å²) in [7, 11) is 0. The quantitative estimate of drug-likeness (QED) is 0.733. The molecule has 1 fully saturated rings. The number of allylic oxidation sites excluding steroid dienone is 1. The number of nitrogens with zero attached hydrogens (tertiary/aromatic N) is 4. The number of rotatable bonds is 5. The molecule has 0 saturated carbocycles. The van der Waals surface area contributed by atoms with Crippen molar-refractivity contribution >= 4 is 5.91 Å². The minimum atomic E-state index is 0.0784. The lowest BCUT2D eigenvalue weighted by atomic mass is 9.83. The van der Waals surface area contributed by atoms with E-state index in [1.54, 1.807) is 6.07 Å². The number of aryl methyl sites for hydroxylation is 1. The Morgan fingerprint density at radius 3 is 2.79 bits per heavy atom. The summed E-state index contributed by atoms with van der Waals surface area (Å²) in [6.07, 6.45) is 2.29. The lowest BCUT2D eigenvalue weighted by Crippen LogP contribution is -2.49. The molecule has 0 radical (unpaired) electrons. The molecule has 2 atom stereocenters. The molecule has 0 spiro atoms. The Kier molecular flexibility index (Phi) is 5.19. The maximum absolute atomic E-state index is 13.0. The molecule has 4 rings (SSSR count). The number of fused-ring (bicyclic) bond motifs is 4. The first-order chi connectivity index (χ1) is 13.8. The number of likely N-dealkylation sites (tertiary alicyclic amines) is 1. The number of hydrogen-bond donors (Lipinski definition) is 0. The van der Waals surface area contributed by atoms with Gasteiger partial charge in [-0.15, -0.1) is 0 Å². The van der Waals surface area contributed by atoms with Crippen LogP contribution >= 0.6 is 0 Å². The summed E-state index contributed by atoms with van der Waals surface area (Å²) >= 11 is 0. The second-order valence-corrected chi connectivity index (χ2v) is 8.76. The number of hydrogen-bond acceptors (Lipinski definition) is 3. The Morgan fingerprint density at radius 2 is 2.03 bits per heavy atom. The van der Waals surface area contributed by atoms with Gasteiger partial charge in [0.15, 0.2) is 0 Å². The van der Waals surface area contributed by atoms with E-state index in [4.69, 9.17) is 0 Å². The highest BCUT2D eigenvalue weighted by Crippen LogP contribution is 2.35. The molecule has 2 bridgehead atoms. The molecule has 0 aromatic carbocycles. The molecule has 0 N–H and O–H groups in total. The predicted molar refractivity (Wildman–Crippen MR) is 113 cm³/mol. The van der Waals surface area contributed by atoms with Gasteiger partial charge >= 0.3 is 0 Å². The lowest BCUT2D eigenvalue weighted by molar-refractivity contribution is -0.133. The zero-order valence-corrected chi connectivity index (χ0v) is 17.6. The van der Waals surface area contributed by atoms with E-state index < -0.39 is 0 Å². The highest BCUT2D eigenvalue weighted by molar-refractivity contribution is 5.76. The van der Waals surface area contributed by atoms with Gasteiger partial charge in [-0.25, -0.2) is 0 Å². The molecule has 1 saturated heterocycles. The largest absolute Gasteiger partial charge is 0.342 e. The third-order valence-corrected chi connectivity index (χ3v) is 6.37. The van der Waals surface area contributed by atoms with Gasteiger partial charge in [0.25, 0.3) is 5.56 Å². The molecule has 2 aliphatic heterocycles. The Hall–Kier alpha value is -2.63. The normalized spacial score (nSPS) is 20.4. The van der Waals surface area contributed by atoms with Gasteiger partial charge in [-0.05, 0) is 51.2 Å². The second-order valence-electron chi connectivity index (χ2n) is 8.76. The molecule has 6 nitrogen and oxygen atoms in total. The Balaban J connectivity index is 1.44. The highest BCUT2D eigenvalue weighted by atomic mass is 16.2.